The average molecular weight is 768 g/mol. The van der Waals surface area contributed by atoms with Crippen molar-refractivity contribution in [1.29, 1.82) is 0 Å². The number of aliphatic imine (C=N–C) groups is 1. The van der Waals surface area contributed by atoms with Crippen LogP contribution in [0.3, 0.4) is 0 Å². The van der Waals surface area contributed by atoms with Crippen LogP contribution in [0.25, 0.3) is 0 Å². The monoisotopic (exact) mass is 767 g/mol. The van der Waals surface area contributed by atoms with E-state index in [0.717, 1.165) is 17.7 Å². The lowest BCUT2D eigenvalue weighted by Crippen LogP contribution is -2.09. The summed E-state index contributed by atoms with van der Waals surface area (Å²) in [6.45, 7) is 11.8. The third-order valence-corrected chi connectivity index (χ3v) is 8.12. The lowest BCUT2D eigenvalue weighted by Gasteiger charge is -2.11. The van der Waals surface area contributed by atoms with Gasteiger partial charge in [-0.3, -0.25) is 4.99 Å². The quantitative estimate of drug-likeness (QED) is 0.0282. The number of hydrogen-bond acceptors (Lipinski definition) is 11. The van der Waals surface area contributed by atoms with E-state index >= 15 is 0 Å². The normalized spacial score (nSPS) is 10.9. The maximum absolute atomic E-state index is 12.8. The van der Waals surface area contributed by atoms with E-state index < -0.39 is 23.9 Å². The Morgan fingerprint density at radius 2 is 1.07 bits per heavy atom. The molecule has 0 atom stereocenters. The van der Waals surface area contributed by atoms with Crippen LogP contribution in [0.2, 0.25) is 5.02 Å². The zero-order valence-corrected chi connectivity index (χ0v) is 31.5. The number of halogens is 1. The molecule has 4 aromatic carbocycles. The number of nitrogens with zero attached hydrogens (tertiary/aromatic N) is 1. The molecule has 0 bridgehead atoms. The fourth-order valence-corrected chi connectivity index (χ4v) is 5.05. The third-order valence-electron chi connectivity index (χ3n) is 7.83. The molecule has 4 aromatic rings. The number of rotatable bonds is 20. The number of carbonyl (C=O) groups is 4. The molecule has 0 aliphatic carbocycles. The van der Waals surface area contributed by atoms with E-state index in [2.05, 4.69) is 13.2 Å². The number of esters is 4. The minimum absolute atomic E-state index is 0.200. The molecule has 55 heavy (non-hydrogen) atoms. The second-order valence-electron chi connectivity index (χ2n) is 12.0. The fourth-order valence-electron chi connectivity index (χ4n) is 4.83. The molecule has 12 heteroatoms. The second kappa shape index (κ2) is 21.5. The molecule has 4 rings (SSSR count). The van der Waals surface area contributed by atoms with Crippen molar-refractivity contribution < 1.29 is 47.6 Å². The Balaban J connectivity index is 1.25. The van der Waals surface area contributed by atoms with Crippen LogP contribution in [0.4, 0.5) is 5.69 Å². The summed E-state index contributed by atoms with van der Waals surface area (Å²) in [6, 6.07) is 23.5. The zero-order chi connectivity index (χ0) is 39.6. The smallest absolute Gasteiger partial charge is 0.343 e. The molecule has 0 unspecified atom stereocenters. The van der Waals surface area contributed by atoms with E-state index in [1.807, 2.05) is 13.8 Å². The van der Waals surface area contributed by atoms with Gasteiger partial charge in [-0.2, -0.15) is 0 Å². The Morgan fingerprint density at radius 1 is 0.618 bits per heavy atom. The molecule has 11 nitrogen and oxygen atoms in total. The predicted molar refractivity (Wildman–Crippen MR) is 209 cm³/mol. The van der Waals surface area contributed by atoms with Gasteiger partial charge in [-0.15, -0.1) is 0 Å². The van der Waals surface area contributed by atoms with Crippen LogP contribution in [-0.2, 0) is 19.1 Å². The first-order chi connectivity index (χ1) is 26.6. The van der Waals surface area contributed by atoms with Gasteiger partial charge in [-0.05, 0) is 136 Å². The van der Waals surface area contributed by atoms with E-state index in [1.54, 1.807) is 84.9 Å². The lowest BCUT2D eigenvalue weighted by atomic mass is 10.1. The van der Waals surface area contributed by atoms with Crippen LogP contribution in [0.1, 0.15) is 64.4 Å². The molecule has 0 spiro atoms. The van der Waals surface area contributed by atoms with Gasteiger partial charge in [-0.25, -0.2) is 19.2 Å². The molecule has 0 heterocycles. The lowest BCUT2D eigenvalue weighted by molar-refractivity contribution is -0.138. The number of hydrogen-bond donors (Lipinski definition) is 0. The maximum Gasteiger partial charge on any atom is 0.343 e. The number of ether oxygens (including phenoxy) is 6. The SMILES string of the molecule is C=CC(=O)OCCCCOc1ccc(C(=O)Oc2ccc(/N=C(\C)c3ccc(OC(=O)c4ccc(OCCCCOC(=O)C=C)cc4)c(Cl)c3)cc2C)cc1. The summed E-state index contributed by atoms with van der Waals surface area (Å²) >= 11 is 6.50. The highest BCUT2D eigenvalue weighted by atomic mass is 35.5. The summed E-state index contributed by atoms with van der Waals surface area (Å²) in [7, 11) is 0. The topological polar surface area (TPSA) is 136 Å². The van der Waals surface area contributed by atoms with Gasteiger partial charge in [0.1, 0.15) is 23.0 Å². The van der Waals surface area contributed by atoms with Crippen LogP contribution >= 0.6 is 11.6 Å². The summed E-state index contributed by atoms with van der Waals surface area (Å²) in [5.41, 5.74) is 3.43. The standard InChI is InChI=1S/C43H42ClNO10/c1-5-40(46)52-25-9-7-23-50-35-17-11-31(12-18-35)42(48)54-38-22-16-34(27-29(38)3)45-30(4)33-15-21-39(37(44)28-33)55-43(49)32-13-19-36(20-14-32)51-24-8-10-26-53-41(47)6-2/h5-6,11-22,27-28H,1-2,7-10,23-26H2,3-4H3/b45-30+. The first kappa shape index (κ1) is 41.6. The van der Waals surface area contributed by atoms with Crippen LogP contribution in [0.5, 0.6) is 23.0 Å². The van der Waals surface area contributed by atoms with E-state index in [4.69, 9.17) is 45.0 Å². The maximum atomic E-state index is 12.8. The molecule has 0 aromatic heterocycles. The first-order valence-corrected chi connectivity index (χ1v) is 17.9. The van der Waals surface area contributed by atoms with Gasteiger partial charge >= 0.3 is 23.9 Å². The minimum atomic E-state index is -0.577. The van der Waals surface area contributed by atoms with Crippen molar-refractivity contribution in [2.45, 2.75) is 39.5 Å². The summed E-state index contributed by atoms with van der Waals surface area (Å²) in [4.78, 5) is 52.5. The third kappa shape index (κ3) is 13.6. The van der Waals surface area contributed by atoms with Crippen molar-refractivity contribution in [2.24, 2.45) is 4.99 Å². The molecule has 0 fully saturated rings. The van der Waals surface area contributed by atoms with Crippen molar-refractivity contribution in [3.63, 3.8) is 0 Å². The Bertz CT molecular complexity index is 2010. The van der Waals surface area contributed by atoms with Crippen molar-refractivity contribution >= 4 is 46.9 Å². The van der Waals surface area contributed by atoms with Crippen LogP contribution in [0, 0.1) is 6.92 Å². The van der Waals surface area contributed by atoms with E-state index in [9.17, 15) is 19.2 Å². The molecule has 0 N–H and O–H groups in total. The number of aryl methyl sites for hydroxylation is 1. The molecular formula is C43H42ClNO10. The fraction of sp³-hybridized carbons (Fsp3) is 0.233. The minimum Gasteiger partial charge on any atom is -0.494 e. The van der Waals surface area contributed by atoms with Crippen LogP contribution < -0.4 is 18.9 Å². The van der Waals surface area contributed by atoms with Gasteiger partial charge in [-0.1, -0.05) is 24.8 Å². The van der Waals surface area contributed by atoms with Crippen LogP contribution in [0.15, 0.2) is 115 Å². The molecule has 286 valence electrons. The summed E-state index contributed by atoms with van der Waals surface area (Å²) in [5.74, 6) is -0.196. The average Bonchev–Trinajstić information content (AvgIpc) is 3.19. The molecule has 0 saturated carbocycles. The first-order valence-electron chi connectivity index (χ1n) is 17.5. The van der Waals surface area contributed by atoms with Crippen molar-refractivity contribution in [3.8, 4) is 23.0 Å². The molecule has 0 radical (unpaired) electrons. The molecule has 0 amide bonds. The predicted octanol–water partition coefficient (Wildman–Crippen LogP) is 9.00. The summed E-state index contributed by atoms with van der Waals surface area (Å²) in [6.07, 6.45) is 4.94. The van der Waals surface area contributed by atoms with Crippen LogP contribution in [-0.4, -0.2) is 56.0 Å². The summed E-state index contributed by atoms with van der Waals surface area (Å²) < 4.78 is 32.4. The molecule has 0 aliphatic rings. The zero-order valence-electron chi connectivity index (χ0n) is 30.7. The highest BCUT2D eigenvalue weighted by Gasteiger charge is 2.14. The number of benzene rings is 4. The molecular weight excluding hydrogens is 726 g/mol. The van der Waals surface area contributed by atoms with Gasteiger partial charge in [0.15, 0.2) is 0 Å². The van der Waals surface area contributed by atoms with Crippen molar-refractivity contribution in [2.75, 3.05) is 26.4 Å². The van der Waals surface area contributed by atoms with E-state index in [-0.39, 0.29) is 10.8 Å². The Hall–Kier alpha value is -6.20. The number of unbranched alkanes of at least 4 members (excludes halogenated alkanes) is 2. The van der Waals surface area contributed by atoms with Crippen molar-refractivity contribution in [1.82, 2.24) is 0 Å². The van der Waals surface area contributed by atoms with E-state index in [1.165, 1.54) is 0 Å². The van der Waals surface area contributed by atoms with Gasteiger partial charge < -0.3 is 28.4 Å². The van der Waals surface area contributed by atoms with Gasteiger partial charge in [0, 0.05) is 17.9 Å². The molecule has 0 aliphatic heterocycles. The van der Waals surface area contributed by atoms with Gasteiger partial charge in [0.2, 0.25) is 0 Å². The highest BCUT2D eigenvalue weighted by Crippen LogP contribution is 2.29. The van der Waals surface area contributed by atoms with Gasteiger partial charge in [0.25, 0.3) is 0 Å². The second-order valence-corrected chi connectivity index (χ2v) is 12.4. The highest BCUT2D eigenvalue weighted by molar-refractivity contribution is 6.32. The largest absolute Gasteiger partial charge is 0.494 e. The number of carbonyl (C=O) groups excluding carboxylic acids is 4. The molecule has 0 saturated heterocycles. The summed E-state index contributed by atoms with van der Waals surface area (Å²) in [5, 5.41) is 0.237. The Labute approximate surface area is 325 Å². The van der Waals surface area contributed by atoms with Gasteiger partial charge in [0.05, 0.1) is 48.3 Å². The Morgan fingerprint density at radius 3 is 1.55 bits per heavy atom. The van der Waals surface area contributed by atoms with Crippen molar-refractivity contribution in [3.05, 3.63) is 138 Å². The van der Waals surface area contributed by atoms with E-state index in [0.29, 0.717) is 97.4 Å². The Kier molecular flexibility index (Phi) is 16.2.